The van der Waals surface area contributed by atoms with Gasteiger partial charge < -0.3 is 5.32 Å². The zero-order chi connectivity index (χ0) is 20.0. The number of allylic oxidation sites excluding steroid dienone is 1. The number of pyridine rings is 1. The van der Waals surface area contributed by atoms with Crippen LogP contribution in [0, 0.1) is 11.3 Å². The smallest absolute Gasteiger partial charge is 0.218 e. The predicted molar refractivity (Wildman–Crippen MR) is 111 cm³/mol. The van der Waals surface area contributed by atoms with Crippen molar-refractivity contribution < 1.29 is 8.42 Å². The normalized spacial score (nSPS) is 11.6. The highest BCUT2D eigenvalue weighted by Gasteiger charge is 2.20. The number of anilines is 1. The first-order valence-corrected chi connectivity index (χ1v) is 10.7. The zero-order valence-corrected chi connectivity index (χ0v) is 16.8. The summed E-state index contributed by atoms with van der Waals surface area (Å²) >= 11 is 7.30. The number of nitrogens with zero attached hydrogens (tertiary/aromatic N) is 2. The molecule has 0 aliphatic rings. The van der Waals surface area contributed by atoms with Crippen molar-refractivity contribution in [2.24, 2.45) is 0 Å². The third-order valence-corrected chi connectivity index (χ3v) is 6.50. The van der Waals surface area contributed by atoms with Gasteiger partial charge in [0.15, 0.2) is 4.91 Å². The predicted octanol–water partition coefficient (Wildman–Crippen LogP) is 5.14. The largest absolute Gasteiger partial charge is 0.360 e. The Hall–Kier alpha value is -2.79. The number of hydrogen-bond acceptors (Lipinski definition) is 6. The van der Waals surface area contributed by atoms with E-state index in [9.17, 15) is 13.7 Å². The summed E-state index contributed by atoms with van der Waals surface area (Å²) in [5.41, 5.74) is 0.657. The quantitative estimate of drug-likeness (QED) is 0.548. The van der Waals surface area contributed by atoms with Gasteiger partial charge in [0.2, 0.25) is 9.84 Å². The maximum atomic E-state index is 12.6. The Morgan fingerprint density at radius 1 is 1.07 bits per heavy atom. The van der Waals surface area contributed by atoms with Crippen molar-refractivity contribution in [3.8, 4) is 6.07 Å². The molecule has 1 aromatic heterocycles. The summed E-state index contributed by atoms with van der Waals surface area (Å²) in [6.07, 6.45) is 2.92. The fourth-order valence-corrected chi connectivity index (χ4v) is 4.19. The highest BCUT2D eigenvalue weighted by molar-refractivity contribution is 7.99. The van der Waals surface area contributed by atoms with Crippen LogP contribution in [0.2, 0.25) is 5.02 Å². The molecule has 1 heterocycles. The lowest BCUT2D eigenvalue weighted by Crippen LogP contribution is -2.05. The first-order valence-electron chi connectivity index (χ1n) is 8.05. The molecule has 0 radical (unpaired) electrons. The van der Waals surface area contributed by atoms with Crippen LogP contribution in [0.15, 0.2) is 98.8 Å². The molecule has 5 nitrogen and oxygen atoms in total. The van der Waals surface area contributed by atoms with Crippen LogP contribution in [0.3, 0.4) is 0 Å². The number of aromatic nitrogens is 1. The summed E-state index contributed by atoms with van der Waals surface area (Å²) in [5, 5.41) is 13.4. The molecule has 1 N–H and O–H groups in total. The average Bonchev–Trinajstić information content (AvgIpc) is 2.70. The third kappa shape index (κ3) is 4.93. The number of benzene rings is 2. The standard InChI is InChI=1S/C20H14ClN3O2S2/c21-15-4-10-18(11-5-15)28(25,26)19(13-22)14-24-16-6-8-17(9-7-16)27-20-3-1-2-12-23-20/h1-12,14,24H/b19-14+. The molecule has 28 heavy (non-hydrogen) atoms. The van der Waals surface area contributed by atoms with Gasteiger partial charge in [0, 0.05) is 28.0 Å². The lowest BCUT2D eigenvalue weighted by molar-refractivity contribution is 0.603. The Bertz CT molecular complexity index is 1120. The number of nitrogens with one attached hydrogen (secondary N) is 1. The Balaban J connectivity index is 1.74. The molecule has 0 bridgehead atoms. The molecule has 3 rings (SSSR count). The van der Waals surface area contributed by atoms with Gasteiger partial charge in [-0.05, 0) is 60.7 Å². The van der Waals surface area contributed by atoms with Gasteiger partial charge in [-0.1, -0.05) is 29.4 Å². The topological polar surface area (TPSA) is 82.8 Å². The lowest BCUT2D eigenvalue weighted by Gasteiger charge is -2.06. The van der Waals surface area contributed by atoms with E-state index < -0.39 is 9.84 Å². The number of hydrogen-bond donors (Lipinski definition) is 1. The van der Waals surface area contributed by atoms with Gasteiger partial charge >= 0.3 is 0 Å². The second-order valence-electron chi connectivity index (χ2n) is 5.52. The summed E-state index contributed by atoms with van der Waals surface area (Å²) in [6, 6.07) is 20.5. The summed E-state index contributed by atoms with van der Waals surface area (Å²) in [5.74, 6) is 0. The minimum Gasteiger partial charge on any atom is -0.360 e. The molecule has 0 amide bonds. The highest BCUT2D eigenvalue weighted by Crippen LogP contribution is 2.27. The third-order valence-electron chi connectivity index (χ3n) is 3.61. The van der Waals surface area contributed by atoms with Crippen LogP contribution in [0.25, 0.3) is 0 Å². The molecule has 0 fully saturated rings. The second kappa shape index (κ2) is 8.93. The van der Waals surface area contributed by atoms with Crippen LogP contribution in [0.1, 0.15) is 0 Å². The van der Waals surface area contributed by atoms with Crippen LogP contribution in [-0.4, -0.2) is 13.4 Å². The van der Waals surface area contributed by atoms with E-state index >= 15 is 0 Å². The van der Waals surface area contributed by atoms with Crippen LogP contribution in [0.4, 0.5) is 5.69 Å². The van der Waals surface area contributed by atoms with Crippen molar-refractivity contribution in [3.05, 3.63) is 89.1 Å². The van der Waals surface area contributed by atoms with Gasteiger partial charge in [-0.15, -0.1) is 0 Å². The van der Waals surface area contributed by atoms with E-state index in [2.05, 4.69) is 10.3 Å². The van der Waals surface area contributed by atoms with E-state index in [0.29, 0.717) is 10.7 Å². The van der Waals surface area contributed by atoms with Crippen molar-refractivity contribution in [3.63, 3.8) is 0 Å². The maximum Gasteiger partial charge on any atom is 0.218 e. The molecular weight excluding hydrogens is 414 g/mol. The lowest BCUT2D eigenvalue weighted by atomic mass is 10.3. The molecule has 0 atom stereocenters. The fourth-order valence-electron chi connectivity index (χ4n) is 2.21. The van der Waals surface area contributed by atoms with Crippen molar-refractivity contribution in [1.29, 1.82) is 5.26 Å². The van der Waals surface area contributed by atoms with E-state index in [1.165, 1.54) is 42.2 Å². The van der Waals surface area contributed by atoms with Gasteiger partial charge in [-0.25, -0.2) is 13.4 Å². The molecule has 0 aliphatic carbocycles. The number of sulfone groups is 1. The maximum absolute atomic E-state index is 12.6. The molecule has 0 saturated carbocycles. The van der Waals surface area contributed by atoms with E-state index in [-0.39, 0.29) is 9.80 Å². The van der Waals surface area contributed by atoms with Gasteiger partial charge in [0.1, 0.15) is 11.1 Å². The van der Waals surface area contributed by atoms with Crippen molar-refractivity contribution >= 4 is 38.9 Å². The van der Waals surface area contributed by atoms with E-state index in [0.717, 1.165) is 9.92 Å². The number of halogens is 1. The van der Waals surface area contributed by atoms with Crippen LogP contribution >= 0.6 is 23.4 Å². The van der Waals surface area contributed by atoms with Crippen LogP contribution in [-0.2, 0) is 9.84 Å². The monoisotopic (exact) mass is 427 g/mol. The Kier molecular flexibility index (Phi) is 6.37. The van der Waals surface area contributed by atoms with Gasteiger partial charge in [-0.2, -0.15) is 5.26 Å². The van der Waals surface area contributed by atoms with Gasteiger partial charge in [0.25, 0.3) is 0 Å². The van der Waals surface area contributed by atoms with Crippen LogP contribution < -0.4 is 5.32 Å². The average molecular weight is 428 g/mol. The van der Waals surface area contributed by atoms with E-state index in [1.54, 1.807) is 24.4 Å². The molecule has 8 heteroatoms. The fraction of sp³-hybridized carbons (Fsp3) is 0. The molecule has 0 unspecified atom stereocenters. The summed E-state index contributed by atoms with van der Waals surface area (Å²) in [4.78, 5) is 4.86. The molecule has 2 aromatic carbocycles. The first-order chi connectivity index (χ1) is 13.5. The molecule has 0 aliphatic heterocycles. The Labute approximate surface area is 172 Å². The summed E-state index contributed by atoms with van der Waals surface area (Å²) in [6.45, 7) is 0. The van der Waals surface area contributed by atoms with Crippen molar-refractivity contribution in [2.75, 3.05) is 5.32 Å². The number of nitriles is 1. The summed E-state index contributed by atoms with van der Waals surface area (Å²) in [7, 11) is -3.92. The van der Waals surface area contributed by atoms with Crippen molar-refractivity contribution in [1.82, 2.24) is 4.98 Å². The summed E-state index contributed by atoms with van der Waals surface area (Å²) < 4.78 is 25.1. The van der Waals surface area contributed by atoms with E-state index in [1.807, 2.05) is 30.3 Å². The Morgan fingerprint density at radius 2 is 1.79 bits per heavy atom. The van der Waals surface area contributed by atoms with E-state index in [4.69, 9.17) is 11.6 Å². The highest BCUT2D eigenvalue weighted by atomic mass is 35.5. The first kappa shape index (κ1) is 20.0. The minimum atomic E-state index is -3.92. The van der Waals surface area contributed by atoms with Gasteiger partial charge in [-0.3, -0.25) is 0 Å². The Morgan fingerprint density at radius 3 is 2.39 bits per heavy atom. The zero-order valence-electron chi connectivity index (χ0n) is 14.4. The second-order valence-corrected chi connectivity index (χ2v) is 8.96. The molecular formula is C20H14ClN3O2S2. The van der Waals surface area contributed by atoms with Crippen molar-refractivity contribution in [2.45, 2.75) is 14.8 Å². The molecule has 0 spiro atoms. The molecule has 140 valence electrons. The SMILES string of the molecule is N#C/C(=C\Nc1ccc(Sc2ccccn2)cc1)S(=O)(=O)c1ccc(Cl)cc1. The van der Waals surface area contributed by atoms with Gasteiger partial charge in [0.05, 0.1) is 4.90 Å². The number of rotatable bonds is 6. The molecule has 0 saturated heterocycles. The molecule has 3 aromatic rings. The van der Waals surface area contributed by atoms with Crippen LogP contribution in [0.5, 0.6) is 0 Å². The minimum absolute atomic E-state index is 0.00797.